The Morgan fingerprint density at radius 2 is 2.06 bits per heavy atom. The van der Waals surface area contributed by atoms with Crippen LogP contribution in [0.25, 0.3) is 0 Å². The maximum Gasteiger partial charge on any atom is 0.342 e. The molecule has 0 bridgehead atoms. The molecule has 1 rings (SSSR count). The van der Waals surface area contributed by atoms with Gasteiger partial charge in [0, 0.05) is 6.07 Å². The number of esters is 1. The van der Waals surface area contributed by atoms with Gasteiger partial charge in [0.15, 0.2) is 0 Å². The van der Waals surface area contributed by atoms with Crippen molar-refractivity contribution >= 4 is 5.97 Å². The van der Waals surface area contributed by atoms with Gasteiger partial charge in [-0.25, -0.2) is 4.79 Å². The second kappa shape index (κ2) is 4.88. The van der Waals surface area contributed by atoms with Gasteiger partial charge in [-0.15, -0.1) is 0 Å². The van der Waals surface area contributed by atoms with Crippen LogP contribution in [0.4, 0.5) is 0 Å². The quantitative estimate of drug-likeness (QED) is 0.773. The fourth-order valence-corrected chi connectivity index (χ4v) is 1.34. The number of benzene rings is 1. The summed E-state index contributed by atoms with van der Waals surface area (Å²) in [6.45, 7) is 5.32. The molecule has 0 saturated carbocycles. The molecule has 1 atom stereocenters. The predicted octanol–water partition coefficient (Wildman–Crippen LogP) is 2.36. The molecule has 0 heterocycles. The van der Waals surface area contributed by atoms with Gasteiger partial charge in [-0.3, -0.25) is 0 Å². The van der Waals surface area contributed by atoms with Crippen molar-refractivity contribution in [2.75, 3.05) is 0 Å². The molecule has 0 aliphatic carbocycles. The molecule has 0 fully saturated rings. The van der Waals surface area contributed by atoms with Gasteiger partial charge < -0.3 is 14.9 Å². The summed E-state index contributed by atoms with van der Waals surface area (Å²) in [7, 11) is 0. The second-order valence-electron chi connectivity index (χ2n) is 3.78. The van der Waals surface area contributed by atoms with Crippen molar-refractivity contribution in [3.8, 4) is 11.5 Å². The Labute approximate surface area is 94.5 Å². The number of carbonyl (C=O) groups is 1. The first-order valence-corrected chi connectivity index (χ1v) is 5.19. The number of carbonyl (C=O) groups excluding carboxylic acids is 1. The van der Waals surface area contributed by atoms with Gasteiger partial charge >= 0.3 is 5.97 Å². The van der Waals surface area contributed by atoms with Crippen LogP contribution >= 0.6 is 0 Å². The number of hydrogen-bond acceptors (Lipinski definition) is 4. The third-order valence-electron chi connectivity index (χ3n) is 2.39. The van der Waals surface area contributed by atoms with Crippen LogP contribution < -0.4 is 0 Å². The van der Waals surface area contributed by atoms with E-state index in [2.05, 4.69) is 0 Å². The zero-order valence-electron chi connectivity index (χ0n) is 9.65. The van der Waals surface area contributed by atoms with E-state index in [0.29, 0.717) is 12.0 Å². The summed E-state index contributed by atoms with van der Waals surface area (Å²) in [5, 5.41) is 18.8. The highest BCUT2D eigenvalue weighted by Crippen LogP contribution is 2.27. The van der Waals surface area contributed by atoms with Gasteiger partial charge in [0.1, 0.15) is 17.1 Å². The molecule has 1 aromatic rings. The van der Waals surface area contributed by atoms with Crippen molar-refractivity contribution in [3.05, 3.63) is 23.3 Å². The van der Waals surface area contributed by atoms with Crippen LogP contribution in [0.1, 0.15) is 36.2 Å². The lowest BCUT2D eigenvalue weighted by atomic mass is 10.1. The largest absolute Gasteiger partial charge is 0.508 e. The molecule has 1 aromatic carbocycles. The summed E-state index contributed by atoms with van der Waals surface area (Å²) < 4.78 is 5.11. The maximum atomic E-state index is 11.7. The molecule has 4 nitrogen and oxygen atoms in total. The minimum absolute atomic E-state index is 0.0740. The lowest BCUT2D eigenvalue weighted by molar-refractivity contribution is 0.0330. The number of aryl methyl sites for hydroxylation is 1. The lowest BCUT2D eigenvalue weighted by Crippen LogP contribution is -2.15. The number of aromatic hydroxyl groups is 2. The number of phenols is 2. The highest BCUT2D eigenvalue weighted by atomic mass is 16.5. The van der Waals surface area contributed by atoms with Crippen LogP contribution in [-0.2, 0) is 4.74 Å². The van der Waals surface area contributed by atoms with Gasteiger partial charge in [-0.1, -0.05) is 6.92 Å². The molecular formula is C12H16O4. The Bertz CT molecular complexity index is 375. The molecule has 0 aromatic heterocycles. The van der Waals surface area contributed by atoms with Crippen LogP contribution in [-0.4, -0.2) is 22.3 Å². The minimum Gasteiger partial charge on any atom is -0.508 e. The average molecular weight is 224 g/mol. The fraction of sp³-hybridized carbons (Fsp3) is 0.417. The van der Waals surface area contributed by atoms with E-state index in [-0.39, 0.29) is 23.2 Å². The monoisotopic (exact) mass is 224 g/mol. The highest BCUT2D eigenvalue weighted by molar-refractivity contribution is 5.94. The first kappa shape index (κ1) is 12.4. The molecule has 16 heavy (non-hydrogen) atoms. The second-order valence-corrected chi connectivity index (χ2v) is 3.78. The van der Waals surface area contributed by atoms with Gasteiger partial charge in [-0.05, 0) is 31.9 Å². The standard InChI is InChI=1S/C12H16O4/c1-4-8(3)16-12(15)11-7(2)5-9(13)6-10(11)14/h5-6,8,13-14H,4H2,1-3H3. The maximum absolute atomic E-state index is 11.7. The zero-order valence-corrected chi connectivity index (χ0v) is 9.65. The Balaban J connectivity index is 3.00. The van der Waals surface area contributed by atoms with E-state index >= 15 is 0 Å². The van der Waals surface area contributed by atoms with Crippen molar-refractivity contribution in [3.63, 3.8) is 0 Å². The van der Waals surface area contributed by atoms with Crippen LogP contribution in [0.3, 0.4) is 0 Å². The summed E-state index contributed by atoms with van der Waals surface area (Å²) in [4.78, 5) is 11.7. The third kappa shape index (κ3) is 2.66. The van der Waals surface area contributed by atoms with E-state index in [0.717, 1.165) is 6.07 Å². The first-order valence-electron chi connectivity index (χ1n) is 5.19. The first-order chi connectivity index (χ1) is 7.45. The van der Waals surface area contributed by atoms with Crippen molar-refractivity contribution in [1.82, 2.24) is 0 Å². The van der Waals surface area contributed by atoms with Crippen molar-refractivity contribution in [1.29, 1.82) is 0 Å². The van der Waals surface area contributed by atoms with E-state index in [4.69, 9.17) is 4.74 Å². The molecule has 4 heteroatoms. The average Bonchev–Trinajstić information content (AvgIpc) is 2.15. The molecular weight excluding hydrogens is 208 g/mol. The Hall–Kier alpha value is -1.71. The lowest BCUT2D eigenvalue weighted by Gasteiger charge is -2.13. The van der Waals surface area contributed by atoms with Crippen LogP contribution in [0.5, 0.6) is 11.5 Å². The third-order valence-corrected chi connectivity index (χ3v) is 2.39. The number of rotatable bonds is 3. The van der Waals surface area contributed by atoms with Crippen molar-refractivity contribution < 1.29 is 19.7 Å². The van der Waals surface area contributed by atoms with E-state index in [1.807, 2.05) is 6.92 Å². The Morgan fingerprint density at radius 1 is 1.44 bits per heavy atom. The SMILES string of the molecule is CCC(C)OC(=O)c1c(C)cc(O)cc1O. The van der Waals surface area contributed by atoms with E-state index < -0.39 is 5.97 Å². The molecule has 0 aliphatic rings. The zero-order chi connectivity index (χ0) is 12.3. The Kier molecular flexibility index (Phi) is 3.77. The minimum atomic E-state index is -0.565. The van der Waals surface area contributed by atoms with Crippen LogP contribution in [0.15, 0.2) is 12.1 Å². The normalized spacial score (nSPS) is 12.2. The van der Waals surface area contributed by atoms with E-state index in [9.17, 15) is 15.0 Å². The molecule has 0 aliphatic heterocycles. The molecule has 0 saturated heterocycles. The van der Waals surface area contributed by atoms with Crippen molar-refractivity contribution in [2.45, 2.75) is 33.3 Å². The molecule has 0 radical (unpaired) electrons. The summed E-state index contributed by atoms with van der Waals surface area (Å²) in [6, 6.07) is 2.53. The summed E-state index contributed by atoms with van der Waals surface area (Å²) >= 11 is 0. The van der Waals surface area contributed by atoms with Crippen molar-refractivity contribution in [2.24, 2.45) is 0 Å². The summed E-state index contributed by atoms with van der Waals surface area (Å²) in [6.07, 6.45) is 0.518. The van der Waals surface area contributed by atoms with Crippen LogP contribution in [0.2, 0.25) is 0 Å². The number of hydrogen-bond donors (Lipinski definition) is 2. The topological polar surface area (TPSA) is 66.8 Å². The number of phenolic OH excluding ortho intramolecular Hbond substituents is 2. The Morgan fingerprint density at radius 3 is 2.56 bits per heavy atom. The molecule has 0 spiro atoms. The van der Waals surface area contributed by atoms with E-state index in [1.165, 1.54) is 6.07 Å². The van der Waals surface area contributed by atoms with Gasteiger partial charge in [0.05, 0.1) is 6.10 Å². The highest BCUT2D eigenvalue weighted by Gasteiger charge is 2.18. The summed E-state index contributed by atoms with van der Waals surface area (Å²) in [5.41, 5.74) is 0.601. The molecule has 2 N–H and O–H groups in total. The van der Waals surface area contributed by atoms with Gasteiger partial charge in [-0.2, -0.15) is 0 Å². The predicted molar refractivity (Wildman–Crippen MR) is 59.7 cm³/mol. The van der Waals surface area contributed by atoms with Crippen LogP contribution in [0, 0.1) is 6.92 Å². The number of ether oxygens (including phenoxy) is 1. The summed E-state index contributed by atoms with van der Waals surface area (Å²) in [5.74, 6) is -0.898. The molecule has 88 valence electrons. The van der Waals surface area contributed by atoms with Gasteiger partial charge in [0.2, 0.25) is 0 Å². The smallest absolute Gasteiger partial charge is 0.342 e. The fourth-order valence-electron chi connectivity index (χ4n) is 1.34. The molecule has 1 unspecified atom stereocenters. The van der Waals surface area contributed by atoms with E-state index in [1.54, 1.807) is 13.8 Å². The molecule has 0 amide bonds. The van der Waals surface area contributed by atoms with Gasteiger partial charge in [0.25, 0.3) is 0 Å².